The zero-order chi connectivity index (χ0) is 16.7. The van der Waals surface area contributed by atoms with Crippen LogP contribution in [0.4, 0.5) is 0 Å². The lowest BCUT2D eigenvalue weighted by atomic mass is 9.97. The van der Waals surface area contributed by atoms with E-state index in [1.807, 2.05) is 64.1 Å². The molecule has 23 heavy (non-hydrogen) atoms. The molecule has 0 saturated heterocycles. The molecule has 118 valence electrons. The molecule has 0 aliphatic heterocycles. The summed E-state index contributed by atoms with van der Waals surface area (Å²) in [6.45, 7) is 7.62. The number of aromatic amines is 1. The first-order chi connectivity index (χ1) is 10.9. The number of carbonyl (C=O) groups is 2. The van der Waals surface area contributed by atoms with Gasteiger partial charge in [0.1, 0.15) is 0 Å². The van der Waals surface area contributed by atoms with Crippen molar-refractivity contribution < 1.29 is 9.59 Å². The molecule has 3 heteroatoms. The topological polar surface area (TPSA) is 49.9 Å². The molecule has 0 saturated carbocycles. The highest BCUT2D eigenvalue weighted by Crippen LogP contribution is 2.28. The molecule has 3 aromatic rings. The summed E-state index contributed by atoms with van der Waals surface area (Å²) in [5, 5.41) is 1.98. The Morgan fingerprint density at radius 2 is 1.13 bits per heavy atom. The summed E-state index contributed by atoms with van der Waals surface area (Å²) in [6, 6.07) is 11.5. The average molecular weight is 307 g/mol. The van der Waals surface area contributed by atoms with Crippen LogP contribution < -0.4 is 0 Å². The van der Waals surface area contributed by atoms with Crippen LogP contribution in [0.1, 0.15) is 48.4 Å². The van der Waals surface area contributed by atoms with Crippen LogP contribution in [0.25, 0.3) is 21.8 Å². The fourth-order valence-electron chi connectivity index (χ4n) is 2.87. The summed E-state index contributed by atoms with van der Waals surface area (Å²) in [5.41, 5.74) is 3.40. The monoisotopic (exact) mass is 307 g/mol. The van der Waals surface area contributed by atoms with Crippen molar-refractivity contribution >= 4 is 33.4 Å². The molecule has 0 amide bonds. The minimum atomic E-state index is -0.0317. The predicted molar refractivity (Wildman–Crippen MR) is 94.1 cm³/mol. The number of nitrogens with one attached hydrogen (secondary N) is 1. The molecule has 1 heterocycles. The van der Waals surface area contributed by atoms with Crippen LogP contribution in [0.15, 0.2) is 36.4 Å². The van der Waals surface area contributed by atoms with Gasteiger partial charge < -0.3 is 4.98 Å². The molecule has 0 atom stereocenters. The number of carbonyl (C=O) groups excluding carboxylic acids is 2. The Bertz CT molecular complexity index is 842. The number of H-pyrrole nitrogens is 1. The predicted octanol–water partition coefficient (Wildman–Crippen LogP) is 5.00. The normalized spacial score (nSPS) is 11.7. The van der Waals surface area contributed by atoms with Gasteiger partial charge in [0.05, 0.1) is 0 Å². The molecule has 3 nitrogen and oxygen atoms in total. The molecular formula is C20H21NO2. The molecule has 0 radical (unpaired) electrons. The number of benzene rings is 2. The minimum absolute atomic E-state index is 0.0317. The summed E-state index contributed by atoms with van der Waals surface area (Å²) in [7, 11) is 0. The van der Waals surface area contributed by atoms with E-state index in [0.29, 0.717) is 11.1 Å². The highest BCUT2D eigenvalue weighted by molar-refractivity contribution is 6.12. The zero-order valence-electron chi connectivity index (χ0n) is 13.9. The van der Waals surface area contributed by atoms with Crippen LogP contribution in [0.5, 0.6) is 0 Å². The van der Waals surface area contributed by atoms with Gasteiger partial charge in [-0.05, 0) is 36.4 Å². The molecule has 1 N–H and O–H groups in total. The van der Waals surface area contributed by atoms with E-state index in [-0.39, 0.29) is 23.4 Å². The third-order valence-corrected chi connectivity index (χ3v) is 4.22. The third-order valence-electron chi connectivity index (χ3n) is 4.22. The summed E-state index contributed by atoms with van der Waals surface area (Å²) in [5.74, 6) is 0.206. The molecule has 2 aromatic carbocycles. The Morgan fingerprint density at radius 1 is 0.739 bits per heavy atom. The number of fused-ring (bicyclic) bond motifs is 3. The standard InChI is InChI=1S/C20H21NO2/c1-11(2)19(22)13-5-7-17-15(9-13)16-10-14(20(23)12(3)4)6-8-18(16)21-17/h5-12,21H,1-4H3. The van der Waals surface area contributed by atoms with Gasteiger partial charge in [0.2, 0.25) is 0 Å². The molecule has 0 unspecified atom stereocenters. The maximum atomic E-state index is 12.2. The Morgan fingerprint density at radius 3 is 1.48 bits per heavy atom. The second-order valence-corrected chi connectivity index (χ2v) is 6.68. The van der Waals surface area contributed by atoms with E-state index in [1.165, 1.54) is 0 Å². The summed E-state index contributed by atoms with van der Waals surface area (Å²) in [4.78, 5) is 27.8. The molecule has 0 spiro atoms. The summed E-state index contributed by atoms with van der Waals surface area (Å²) >= 11 is 0. The summed E-state index contributed by atoms with van der Waals surface area (Å²) in [6.07, 6.45) is 0. The lowest BCUT2D eigenvalue weighted by molar-refractivity contribution is 0.0932. The van der Waals surface area contributed by atoms with Crippen molar-refractivity contribution in [2.75, 3.05) is 0 Å². The van der Waals surface area contributed by atoms with Crippen LogP contribution >= 0.6 is 0 Å². The van der Waals surface area contributed by atoms with E-state index in [4.69, 9.17) is 0 Å². The van der Waals surface area contributed by atoms with Crippen molar-refractivity contribution in [2.45, 2.75) is 27.7 Å². The van der Waals surface area contributed by atoms with E-state index >= 15 is 0 Å². The van der Waals surface area contributed by atoms with Gasteiger partial charge in [0.25, 0.3) is 0 Å². The largest absolute Gasteiger partial charge is 0.355 e. The first-order valence-electron chi connectivity index (χ1n) is 8.02. The zero-order valence-corrected chi connectivity index (χ0v) is 13.9. The quantitative estimate of drug-likeness (QED) is 0.690. The van der Waals surface area contributed by atoms with E-state index < -0.39 is 0 Å². The van der Waals surface area contributed by atoms with Crippen molar-refractivity contribution in [1.82, 2.24) is 4.98 Å². The van der Waals surface area contributed by atoms with E-state index in [1.54, 1.807) is 0 Å². The number of rotatable bonds is 4. The van der Waals surface area contributed by atoms with Gasteiger partial charge in [0.15, 0.2) is 11.6 Å². The van der Waals surface area contributed by atoms with Crippen molar-refractivity contribution in [1.29, 1.82) is 0 Å². The molecule has 0 aliphatic rings. The lowest BCUT2D eigenvalue weighted by Crippen LogP contribution is -2.07. The highest BCUT2D eigenvalue weighted by Gasteiger charge is 2.15. The minimum Gasteiger partial charge on any atom is -0.355 e. The maximum absolute atomic E-state index is 12.2. The molecule has 0 fully saturated rings. The van der Waals surface area contributed by atoms with Crippen molar-refractivity contribution in [3.8, 4) is 0 Å². The first-order valence-corrected chi connectivity index (χ1v) is 8.02. The SMILES string of the molecule is CC(C)C(=O)c1ccc2[nH]c3ccc(C(=O)C(C)C)cc3c2c1. The highest BCUT2D eigenvalue weighted by atomic mass is 16.1. The van der Waals surface area contributed by atoms with Crippen LogP contribution in [-0.2, 0) is 0 Å². The number of hydrogen-bond donors (Lipinski definition) is 1. The molecular weight excluding hydrogens is 286 g/mol. The average Bonchev–Trinajstić information content (AvgIpc) is 2.90. The fourth-order valence-corrected chi connectivity index (χ4v) is 2.87. The van der Waals surface area contributed by atoms with Gasteiger partial charge >= 0.3 is 0 Å². The van der Waals surface area contributed by atoms with E-state index in [2.05, 4.69) is 4.98 Å². The lowest BCUT2D eigenvalue weighted by Gasteiger charge is -2.05. The Balaban J connectivity index is 2.21. The molecule has 1 aromatic heterocycles. The Hall–Kier alpha value is -2.42. The molecule has 0 aliphatic carbocycles. The van der Waals surface area contributed by atoms with Crippen molar-refractivity contribution in [2.24, 2.45) is 11.8 Å². The van der Waals surface area contributed by atoms with Crippen molar-refractivity contribution in [3.05, 3.63) is 47.5 Å². The number of hydrogen-bond acceptors (Lipinski definition) is 2. The molecule has 0 bridgehead atoms. The van der Waals surface area contributed by atoms with Crippen LogP contribution in [0, 0.1) is 11.8 Å². The van der Waals surface area contributed by atoms with Crippen LogP contribution in [-0.4, -0.2) is 16.6 Å². The van der Waals surface area contributed by atoms with Crippen molar-refractivity contribution in [3.63, 3.8) is 0 Å². The first kappa shape index (κ1) is 15.5. The van der Waals surface area contributed by atoms with Gasteiger partial charge in [-0.3, -0.25) is 9.59 Å². The Kier molecular flexibility index (Phi) is 3.80. The fraction of sp³-hybridized carbons (Fsp3) is 0.300. The second kappa shape index (κ2) is 5.65. The van der Waals surface area contributed by atoms with E-state index in [9.17, 15) is 9.59 Å². The van der Waals surface area contributed by atoms with Gasteiger partial charge in [-0.1, -0.05) is 27.7 Å². The van der Waals surface area contributed by atoms with Gasteiger partial charge in [-0.15, -0.1) is 0 Å². The van der Waals surface area contributed by atoms with Gasteiger partial charge in [0, 0.05) is 44.8 Å². The van der Waals surface area contributed by atoms with Gasteiger partial charge in [-0.25, -0.2) is 0 Å². The third kappa shape index (κ3) is 2.67. The van der Waals surface area contributed by atoms with Gasteiger partial charge in [-0.2, -0.15) is 0 Å². The number of Topliss-reactive ketones (excluding diaryl/α,β-unsaturated/α-hetero) is 2. The second-order valence-electron chi connectivity index (χ2n) is 6.68. The van der Waals surface area contributed by atoms with Crippen LogP contribution in [0.3, 0.4) is 0 Å². The smallest absolute Gasteiger partial charge is 0.165 e. The molecule has 3 rings (SSSR count). The number of ketones is 2. The summed E-state index contributed by atoms with van der Waals surface area (Å²) < 4.78 is 0. The van der Waals surface area contributed by atoms with E-state index in [0.717, 1.165) is 21.8 Å². The van der Waals surface area contributed by atoms with Crippen LogP contribution in [0.2, 0.25) is 0 Å². The Labute approximate surface area is 135 Å². The maximum Gasteiger partial charge on any atom is 0.165 e. The number of aromatic nitrogens is 1.